The Bertz CT molecular complexity index is 1150. The number of rotatable bonds is 7. The maximum Gasteiger partial charge on any atom is 0.259 e. The topological polar surface area (TPSA) is 122 Å². The highest BCUT2D eigenvalue weighted by Crippen LogP contribution is 2.28. The van der Waals surface area contributed by atoms with Crippen molar-refractivity contribution in [3.63, 3.8) is 0 Å². The fourth-order valence-corrected chi connectivity index (χ4v) is 5.38. The quantitative estimate of drug-likeness (QED) is 0.595. The zero-order chi connectivity index (χ0) is 24.2. The van der Waals surface area contributed by atoms with E-state index >= 15 is 0 Å². The lowest BCUT2D eigenvalue weighted by molar-refractivity contribution is -0.130. The zero-order valence-electron chi connectivity index (χ0n) is 17.8. The van der Waals surface area contributed by atoms with Crippen molar-refractivity contribution in [2.75, 3.05) is 33.3 Å². The number of benzene rings is 2. The minimum Gasteiger partial charge on any atom is -0.497 e. The number of nitrogens with two attached hydrogens (primary N) is 1. The standard InChI is InChI=1S/C21H24ClFN4O5S/c1-32-15-5-2-4-14(12-15)21(29)26-10-3-11-27(20(26)19(28)25-9-8-24)33(30,31)16-6-7-18(23)17(22)13-16/h2,4-7,12-13,20H,3,8-11,24H2,1H3,(H,25,28). The van der Waals surface area contributed by atoms with Crippen molar-refractivity contribution < 1.29 is 27.1 Å². The third-order valence-corrected chi connectivity index (χ3v) is 7.24. The monoisotopic (exact) mass is 498 g/mol. The van der Waals surface area contributed by atoms with Crippen molar-refractivity contribution in [2.24, 2.45) is 5.73 Å². The predicted molar refractivity (Wildman–Crippen MR) is 120 cm³/mol. The predicted octanol–water partition coefficient (Wildman–Crippen LogP) is 1.43. The van der Waals surface area contributed by atoms with Crippen LogP contribution in [0.15, 0.2) is 47.4 Å². The van der Waals surface area contributed by atoms with E-state index in [1.807, 2.05) is 0 Å². The second-order valence-electron chi connectivity index (χ2n) is 7.23. The molecule has 1 fully saturated rings. The van der Waals surface area contributed by atoms with Crippen LogP contribution in [0.5, 0.6) is 5.75 Å². The molecule has 0 aromatic heterocycles. The summed E-state index contributed by atoms with van der Waals surface area (Å²) < 4.78 is 46.5. The van der Waals surface area contributed by atoms with E-state index in [1.54, 1.807) is 18.2 Å². The van der Waals surface area contributed by atoms with E-state index in [1.165, 1.54) is 18.1 Å². The summed E-state index contributed by atoms with van der Waals surface area (Å²) in [6.07, 6.45) is -1.19. The fourth-order valence-electron chi connectivity index (χ4n) is 3.51. The number of carbonyl (C=O) groups is 2. The molecule has 0 radical (unpaired) electrons. The Morgan fingerprint density at radius 2 is 2.00 bits per heavy atom. The Kier molecular flexibility index (Phi) is 7.90. The van der Waals surface area contributed by atoms with Crippen LogP contribution in [0.25, 0.3) is 0 Å². The summed E-state index contributed by atoms with van der Waals surface area (Å²) in [5.41, 5.74) is 5.71. The molecule has 1 aliphatic heterocycles. The Hall–Kier alpha value is -2.73. The van der Waals surface area contributed by atoms with E-state index < -0.39 is 33.8 Å². The highest BCUT2D eigenvalue weighted by molar-refractivity contribution is 7.89. The van der Waals surface area contributed by atoms with Crippen LogP contribution >= 0.6 is 11.6 Å². The Morgan fingerprint density at radius 1 is 1.24 bits per heavy atom. The van der Waals surface area contributed by atoms with Crippen molar-refractivity contribution in [3.05, 3.63) is 58.9 Å². The minimum absolute atomic E-state index is 0.0278. The van der Waals surface area contributed by atoms with Crippen LogP contribution in [-0.2, 0) is 14.8 Å². The molecule has 12 heteroatoms. The number of ether oxygens (including phenoxy) is 1. The molecule has 1 aliphatic rings. The summed E-state index contributed by atoms with van der Waals surface area (Å²) in [7, 11) is -2.86. The molecule has 2 aromatic rings. The third kappa shape index (κ3) is 5.27. The van der Waals surface area contributed by atoms with Gasteiger partial charge in [0.05, 0.1) is 17.0 Å². The fraction of sp³-hybridized carbons (Fsp3) is 0.333. The van der Waals surface area contributed by atoms with E-state index in [0.717, 1.165) is 22.5 Å². The maximum absolute atomic E-state index is 13.6. The molecular weight excluding hydrogens is 475 g/mol. The molecule has 0 saturated carbocycles. The van der Waals surface area contributed by atoms with E-state index in [9.17, 15) is 22.4 Å². The van der Waals surface area contributed by atoms with Gasteiger partial charge in [-0.05, 0) is 42.8 Å². The zero-order valence-corrected chi connectivity index (χ0v) is 19.4. The molecule has 33 heavy (non-hydrogen) atoms. The average Bonchev–Trinajstić information content (AvgIpc) is 2.83. The molecule has 2 aromatic carbocycles. The average molecular weight is 499 g/mol. The van der Waals surface area contributed by atoms with Crippen molar-refractivity contribution in [1.82, 2.24) is 14.5 Å². The number of hydrogen-bond acceptors (Lipinski definition) is 6. The lowest BCUT2D eigenvalue weighted by Crippen LogP contribution is -2.63. The van der Waals surface area contributed by atoms with Gasteiger partial charge < -0.3 is 20.7 Å². The number of amides is 2. The summed E-state index contributed by atoms with van der Waals surface area (Å²) in [5, 5.41) is 2.19. The molecule has 1 atom stereocenters. The summed E-state index contributed by atoms with van der Waals surface area (Å²) in [4.78, 5) is 27.3. The van der Waals surface area contributed by atoms with E-state index in [2.05, 4.69) is 5.32 Å². The van der Waals surface area contributed by atoms with Crippen LogP contribution in [0.2, 0.25) is 5.02 Å². The van der Waals surface area contributed by atoms with Crippen LogP contribution in [0.3, 0.4) is 0 Å². The van der Waals surface area contributed by atoms with Gasteiger partial charge in [-0.25, -0.2) is 12.8 Å². The molecule has 0 spiro atoms. The first-order valence-electron chi connectivity index (χ1n) is 10.1. The SMILES string of the molecule is COc1cccc(C(=O)N2CCCN(S(=O)(=O)c3ccc(F)c(Cl)c3)C2C(=O)NCCN)c1. The lowest BCUT2D eigenvalue weighted by Gasteiger charge is -2.41. The number of hydrogen-bond donors (Lipinski definition) is 2. The van der Waals surface area contributed by atoms with Crippen LogP contribution in [0.4, 0.5) is 4.39 Å². The second kappa shape index (κ2) is 10.5. The summed E-state index contributed by atoms with van der Waals surface area (Å²) >= 11 is 5.79. The minimum atomic E-state index is -4.31. The van der Waals surface area contributed by atoms with Gasteiger partial charge in [-0.2, -0.15) is 4.31 Å². The van der Waals surface area contributed by atoms with Crippen LogP contribution in [-0.4, -0.2) is 68.9 Å². The number of nitrogens with one attached hydrogen (secondary N) is 1. The van der Waals surface area contributed by atoms with Gasteiger partial charge in [0.2, 0.25) is 10.0 Å². The van der Waals surface area contributed by atoms with E-state index in [0.29, 0.717) is 5.75 Å². The van der Waals surface area contributed by atoms with Gasteiger partial charge in [-0.1, -0.05) is 17.7 Å². The number of sulfonamides is 1. The number of nitrogens with zero attached hydrogens (tertiary/aromatic N) is 2. The maximum atomic E-state index is 13.6. The first-order chi connectivity index (χ1) is 15.7. The van der Waals surface area contributed by atoms with Gasteiger partial charge in [0.25, 0.3) is 11.8 Å². The van der Waals surface area contributed by atoms with Gasteiger partial charge in [0, 0.05) is 31.7 Å². The molecule has 1 saturated heterocycles. The first-order valence-corrected chi connectivity index (χ1v) is 11.9. The molecule has 3 N–H and O–H groups in total. The first kappa shape index (κ1) is 24.9. The molecule has 0 bridgehead atoms. The summed E-state index contributed by atoms with van der Waals surface area (Å²) in [5.74, 6) is -1.58. The normalized spacial score (nSPS) is 17.0. The van der Waals surface area contributed by atoms with Crippen LogP contribution < -0.4 is 15.8 Å². The molecule has 2 amide bonds. The third-order valence-electron chi connectivity index (χ3n) is 5.10. The highest BCUT2D eigenvalue weighted by atomic mass is 35.5. The van der Waals surface area contributed by atoms with Gasteiger partial charge in [-0.15, -0.1) is 0 Å². The lowest BCUT2D eigenvalue weighted by atomic mass is 10.1. The molecule has 0 aliphatic carbocycles. The van der Waals surface area contributed by atoms with E-state index in [4.69, 9.17) is 22.1 Å². The Morgan fingerprint density at radius 3 is 2.67 bits per heavy atom. The van der Waals surface area contributed by atoms with E-state index in [-0.39, 0.29) is 48.1 Å². The van der Waals surface area contributed by atoms with Crippen molar-refractivity contribution in [1.29, 1.82) is 0 Å². The van der Waals surface area contributed by atoms with Gasteiger partial charge >= 0.3 is 0 Å². The molecule has 1 unspecified atom stereocenters. The van der Waals surface area contributed by atoms with Gasteiger partial charge in [0.15, 0.2) is 6.17 Å². The van der Waals surface area contributed by atoms with Crippen LogP contribution in [0, 0.1) is 5.82 Å². The summed E-state index contributed by atoms with van der Waals surface area (Å²) in [6, 6.07) is 9.30. The van der Waals surface area contributed by atoms with Crippen LogP contribution in [0.1, 0.15) is 16.8 Å². The smallest absolute Gasteiger partial charge is 0.259 e. The van der Waals surface area contributed by atoms with Crippen molar-refractivity contribution in [3.8, 4) is 5.75 Å². The van der Waals surface area contributed by atoms with Gasteiger partial charge in [-0.3, -0.25) is 9.59 Å². The molecule has 3 rings (SSSR count). The highest BCUT2D eigenvalue weighted by Gasteiger charge is 2.44. The molecule has 9 nitrogen and oxygen atoms in total. The summed E-state index contributed by atoms with van der Waals surface area (Å²) in [6.45, 7) is 0.336. The number of halogens is 2. The van der Waals surface area contributed by atoms with Crippen molar-refractivity contribution >= 4 is 33.4 Å². The van der Waals surface area contributed by atoms with Crippen molar-refractivity contribution in [2.45, 2.75) is 17.5 Å². The largest absolute Gasteiger partial charge is 0.497 e. The Balaban J connectivity index is 2.04. The number of carbonyl (C=O) groups excluding carboxylic acids is 2. The Labute approximate surface area is 196 Å². The van der Waals surface area contributed by atoms with Gasteiger partial charge in [0.1, 0.15) is 11.6 Å². The number of methoxy groups -OCH3 is 1. The molecule has 178 valence electrons. The second-order valence-corrected chi connectivity index (χ2v) is 9.53. The molecule has 1 heterocycles. The molecular formula is C21H24ClFN4O5S.